The molecule has 0 bridgehead atoms. The average molecular weight is 354 g/mol. The standard InChI is InChI=1S/C17H22O8/c1-4-7-16(8-5-2,9-6-3)13(20)12(14(21)22)17(25,15(23)24)10-11(18)19/h4-6,12,25H,1-3,7-10H2,(H,18,19)(H,21,22)(H,23,24). The zero-order chi connectivity index (χ0) is 19.8. The lowest BCUT2D eigenvalue weighted by atomic mass is 9.66. The largest absolute Gasteiger partial charge is 0.481 e. The van der Waals surface area contributed by atoms with Crippen LogP contribution < -0.4 is 0 Å². The molecule has 0 aliphatic heterocycles. The van der Waals surface area contributed by atoms with Gasteiger partial charge >= 0.3 is 17.9 Å². The van der Waals surface area contributed by atoms with Crippen LogP contribution >= 0.6 is 0 Å². The van der Waals surface area contributed by atoms with Crippen LogP contribution in [-0.2, 0) is 19.2 Å². The van der Waals surface area contributed by atoms with Crippen LogP contribution in [0.15, 0.2) is 38.0 Å². The fourth-order valence-corrected chi connectivity index (χ4v) is 2.75. The summed E-state index contributed by atoms with van der Waals surface area (Å²) in [6.45, 7) is 10.5. The van der Waals surface area contributed by atoms with E-state index in [4.69, 9.17) is 5.11 Å². The summed E-state index contributed by atoms with van der Waals surface area (Å²) < 4.78 is 0. The van der Waals surface area contributed by atoms with Gasteiger partial charge in [0.25, 0.3) is 0 Å². The van der Waals surface area contributed by atoms with Gasteiger partial charge < -0.3 is 20.4 Å². The van der Waals surface area contributed by atoms with E-state index < -0.39 is 47.0 Å². The number of Topliss-reactive ketones (excluding diaryl/α,β-unsaturated/α-hetero) is 1. The predicted molar refractivity (Wildman–Crippen MR) is 87.8 cm³/mol. The number of carbonyl (C=O) groups is 4. The molecule has 25 heavy (non-hydrogen) atoms. The minimum absolute atomic E-state index is 0.0313. The molecule has 0 heterocycles. The highest BCUT2D eigenvalue weighted by molar-refractivity contribution is 6.07. The molecule has 0 saturated carbocycles. The maximum atomic E-state index is 13.0. The van der Waals surface area contributed by atoms with Gasteiger partial charge in [-0.25, -0.2) is 4.79 Å². The number of carbonyl (C=O) groups excluding carboxylic acids is 1. The van der Waals surface area contributed by atoms with Crippen molar-refractivity contribution in [1.82, 2.24) is 0 Å². The Morgan fingerprint density at radius 3 is 1.52 bits per heavy atom. The fraction of sp³-hybridized carbons (Fsp3) is 0.412. The van der Waals surface area contributed by atoms with Crippen LogP contribution in [0.25, 0.3) is 0 Å². The van der Waals surface area contributed by atoms with Gasteiger partial charge in [0.1, 0.15) is 0 Å². The molecule has 8 heteroatoms. The average Bonchev–Trinajstić information content (AvgIpc) is 2.46. The van der Waals surface area contributed by atoms with E-state index in [1.54, 1.807) is 0 Å². The van der Waals surface area contributed by atoms with Crippen molar-refractivity contribution in [2.45, 2.75) is 31.3 Å². The van der Waals surface area contributed by atoms with Crippen LogP contribution in [0, 0.1) is 11.3 Å². The van der Waals surface area contributed by atoms with Gasteiger partial charge in [-0.05, 0) is 19.3 Å². The minimum atomic E-state index is -3.30. The van der Waals surface area contributed by atoms with Crippen molar-refractivity contribution in [1.29, 1.82) is 0 Å². The SMILES string of the molecule is C=CCC(CC=C)(CC=C)C(=O)C(C(=O)O)C(O)(CC(=O)O)C(=O)O. The van der Waals surface area contributed by atoms with Gasteiger partial charge in [-0.15, -0.1) is 19.7 Å². The Labute approximate surface area is 144 Å². The van der Waals surface area contributed by atoms with Crippen LogP contribution in [0.2, 0.25) is 0 Å². The molecule has 0 saturated heterocycles. The van der Waals surface area contributed by atoms with Crippen LogP contribution in [-0.4, -0.2) is 49.7 Å². The summed E-state index contributed by atoms with van der Waals surface area (Å²) in [5, 5.41) is 37.7. The van der Waals surface area contributed by atoms with Crippen molar-refractivity contribution in [3.05, 3.63) is 38.0 Å². The third-order valence-corrected chi connectivity index (χ3v) is 3.91. The molecule has 0 amide bonds. The van der Waals surface area contributed by atoms with Crippen molar-refractivity contribution >= 4 is 23.7 Å². The van der Waals surface area contributed by atoms with Gasteiger partial charge in [0.05, 0.1) is 6.42 Å². The maximum Gasteiger partial charge on any atom is 0.337 e. The first kappa shape index (κ1) is 22.3. The molecule has 4 N–H and O–H groups in total. The molecule has 138 valence electrons. The number of ketones is 1. The summed E-state index contributed by atoms with van der Waals surface area (Å²) >= 11 is 0. The third kappa shape index (κ3) is 4.87. The van der Waals surface area contributed by atoms with E-state index in [1.807, 2.05) is 0 Å². The molecule has 0 rings (SSSR count). The van der Waals surface area contributed by atoms with Crippen LogP contribution in [0.5, 0.6) is 0 Å². The van der Waals surface area contributed by atoms with Gasteiger partial charge in [0, 0.05) is 5.41 Å². The van der Waals surface area contributed by atoms with Gasteiger partial charge in [-0.2, -0.15) is 0 Å². The van der Waals surface area contributed by atoms with Crippen molar-refractivity contribution in [3.63, 3.8) is 0 Å². The van der Waals surface area contributed by atoms with E-state index in [-0.39, 0.29) is 19.3 Å². The molecule has 0 spiro atoms. The monoisotopic (exact) mass is 354 g/mol. The Hall–Kier alpha value is -2.74. The summed E-state index contributed by atoms with van der Waals surface area (Å²) in [6, 6.07) is 0. The highest BCUT2D eigenvalue weighted by atomic mass is 16.4. The first-order valence-corrected chi connectivity index (χ1v) is 7.29. The van der Waals surface area contributed by atoms with E-state index in [0.29, 0.717) is 0 Å². The van der Waals surface area contributed by atoms with Gasteiger partial charge in [-0.1, -0.05) is 18.2 Å². The minimum Gasteiger partial charge on any atom is -0.481 e. The van der Waals surface area contributed by atoms with Gasteiger partial charge in [-0.3, -0.25) is 14.4 Å². The molecule has 0 aromatic rings. The van der Waals surface area contributed by atoms with Gasteiger partial charge in [0.2, 0.25) is 0 Å². The van der Waals surface area contributed by atoms with E-state index >= 15 is 0 Å². The van der Waals surface area contributed by atoms with Crippen molar-refractivity contribution < 1.29 is 39.6 Å². The fourth-order valence-electron chi connectivity index (χ4n) is 2.75. The zero-order valence-electron chi connectivity index (χ0n) is 13.7. The zero-order valence-corrected chi connectivity index (χ0v) is 13.7. The Bertz CT molecular complexity index is 565. The summed E-state index contributed by atoms with van der Waals surface area (Å²) in [5.41, 5.74) is -4.75. The van der Waals surface area contributed by atoms with Crippen molar-refractivity contribution in [2.24, 2.45) is 11.3 Å². The number of aliphatic hydroxyl groups is 1. The van der Waals surface area contributed by atoms with Crippen LogP contribution in [0.4, 0.5) is 0 Å². The lowest BCUT2D eigenvalue weighted by molar-refractivity contribution is -0.183. The molecule has 0 radical (unpaired) electrons. The summed E-state index contributed by atoms with van der Waals surface area (Å²) in [6.07, 6.45) is 2.50. The molecule has 0 aliphatic rings. The summed E-state index contributed by atoms with van der Waals surface area (Å²) in [4.78, 5) is 46.9. The number of carboxylic acids is 3. The smallest absolute Gasteiger partial charge is 0.337 e. The maximum absolute atomic E-state index is 13.0. The van der Waals surface area contributed by atoms with E-state index in [2.05, 4.69) is 19.7 Å². The number of allylic oxidation sites excluding steroid dienone is 3. The Kier molecular flexibility index (Phi) is 7.95. The molecule has 0 fully saturated rings. The normalized spacial score (nSPS) is 14.6. The number of aliphatic carboxylic acids is 3. The Balaban J connectivity index is 6.40. The Morgan fingerprint density at radius 2 is 1.28 bits per heavy atom. The molecule has 0 aromatic carbocycles. The second-order valence-corrected chi connectivity index (χ2v) is 5.69. The molecule has 8 nitrogen and oxygen atoms in total. The topological polar surface area (TPSA) is 149 Å². The second-order valence-electron chi connectivity index (χ2n) is 5.69. The summed E-state index contributed by atoms with van der Waals surface area (Å²) in [5.74, 6) is -9.41. The van der Waals surface area contributed by atoms with E-state index in [9.17, 15) is 34.5 Å². The lowest BCUT2D eigenvalue weighted by Crippen LogP contribution is -2.57. The van der Waals surface area contributed by atoms with E-state index in [1.165, 1.54) is 18.2 Å². The number of carboxylic acid groups (broad SMARTS) is 3. The highest BCUT2D eigenvalue weighted by Gasteiger charge is 2.57. The summed E-state index contributed by atoms with van der Waals surface area (Å²) in [7, 11) is 0. The first-order chi connectivity index (χ1) is 11.5. The number of hydrogen-bond acceptors (Lipinski definition) is 5. The first-order valence-electron chi connectivity index (χ1n) is 7.29. The van der Waals surface area contributed by atoms with Crippen LogP contribution in [0.1, 0.15) is 25.7 Å². The van der Waals surface area contributed by atoms with Crippen molar-refractivity contribution in [2.75, 3.05) is 0 Å². The molecule has 0 aliphatic carbocycles. The lowest BCUT2D eigenvalue weighted by Gasteiger charge is -2.36. The molecule has 2 unspecified atom stereocenters. The van der Waals surface area contributed by atoms with Crippen LogP contribution in [0.3, 0.4) is 0 Å². The van der Waals surface area contributed by atoms with E-state index in [0.717, 1.165) is 0 Å². The third-order valence-electron chi connectivity index (χ3n) is 3.91. The molecular formula is C17H22O8. The Morgan fingerprint density at radius 1 is 0.880 bits per heavy atom. The quantitative estimate of drug-likeness (QED) is 0.285. The molecule has 2 atom stereocenters. The predicted octanol–water partition coefficient (Wildman–Crippen LogP) is 1.26. The van der Waals surface area contributed by atoms with Gasteiger partial charge in [0.15, 0.2) is 17.3 Å². The second kappa shape index (κ2) is 8.93. The molecular weight excluding hydrogens is 332 g/mol. The molecule has 0 aromatic heterocycles. The van der Waals surface area contributed by atoms with Crippen molar-refractivity contribution in [3.8, 4) is 0 Å². The number of rotatable bonds is 13. The number of hydrogen-bond donors (Lipinski definition) is 4. The highest BCUT2D eigenvalue weighted by Crippen LogP contribution is 2.40.